The molecule has 1 saturated carbocycles. The number of rotatable bonds is 5. The van der Waals surface area contributed by atoms with Gasteiger partial charge in [0.2, 0.25) is 0 Å². The van der Waals surface area contributed by atoms with Crippen molar-refractivity contribution in [3.8, 4) is 11.3 Å². The molecule has 0 saturated heterocycles. The minimum atomic E-state index is -0.228. The summed E-state index contributed by atoms with van der Waals surface area (Å²) in [4.78, 5) is 29.6. The van der Waals surface area contributed by atoms with Crippen LogP contribution in [-0.4, -0.2) is 23.2 Å². The number of nitrogens with one attached hydrogen (secondary N) is 1. The number of hydrogen-bond acceptors (Lipinski definition) is 3. The van der Waals surface area contributed by atoms with Gasteiger partial charge in [0.15, 0.2) is 5.78 Å². The van der Waals surface area contributed by atoms with Gasteiger partial charge in [0, 0.05) is 16.9 Å². The minimum Gasteiger partial charge on any atom is -0.345 e. The molecule has 2 aromatic carbocycles. The first-order valence-corrected chi connectivity index (χ1v) is 8.98. The molecule has 0 radical (unpaired) electrons. The van der Waals surface area contributed by atoms with E-state index < -0.39 is 0 Å². The Balaban J connectivity index is 1.66. The van der Waals surface area contributed by atoms with Gasteiger partial charge in [-0.15, -0.1) is 0 Å². The largest absolute Gasteiger partial charge is 0.345 e. The Morgan fingerprint density at radius 1 is 1.00 bits per heavy atom. The highest BCUT2D eigenvalue weighted by molar-refractivity contribution is 6.08. The lowest BCUT2D eigenvalue weighted by atomic mass is 9.82. The monoisotopic (exact) mass is 344 g/mol. The maximum absolute atomic E-state index is 12.8. The fraction of sp³-hybridized carbons (Fsp3) is 0.227. The maximum Gasteiger partial charge on any atom is 0.252 e. The number of benzene rings is 2. The van der Waals surface area contributed by atoms with Crippen LogP contribution >= 0.6 is 0 Å². The zero-order valence-electron chi connectivity index (χ0n) is 14.4. The number of carbonyl (C=O) groups is 2. The highest BCUT2D eigenvalue weighted by Gasteiger charge is 2.25. The Morgan fingerprint density at radius 3 is 2.46 bits per heavy atom. The molecule has 0 aliphatic heterocycles. The lowest BCUT2D eigenvalue weighted by Gasteiger charge is -2.23. The zero-order chi connectivity index (χ0) is 17.9. The van der Waals surface area contributed by atoms with Crippen molar-refractivity contribution in [3.05, 3.63) is 66.2 Å². The fourth-order valence-electron chi connectivity index (χ4n) is 3.26. The van der Waals surface area contributed by atoms with Crippen LogP contribution in [0.3, 0.4) is 0 Å². The van der Waals surface area contributed by atoms with E-state index in [2.05, 4.69) is 10.3 Å². The van der Waals surface area contributed by atoms with Gasteiger partial charge in [-0.25, -0.2) is 4.98 Å². The summed E-state index contributed by atoms with van der Waals surface area (Å²) in [5.74, 6) is 0.0315. The second-order valence-corrected chi connectivity index (χ2v) is 6.72. The van der Waals surface area contributed by atoms with E-state index in [4.69, 9.17) is 0 Å². The molecule has 0 atom stereocenters. The van der Waals surface area contributed by atoms with Gasteiger partial charge in [-0.05, 0) is 25.0 Å². The number of ketones is 1. The van der Waals surface area contributed by atoms with Crippen LogP contribution in [0.1, 0.15) is 29.6 Å². The number of Topliss-reactive ketones (excluding diaryl/α,β-unsaturated/α-hetero) is 1. The lowest BCUT2D eigenvalue weighted by molar-refractivity contribution is -0.124. The van der Waals surface area contributed by atoms with Crippen LogP contribution in [0.5, 0.6) is 0 Å². The molecule has 4 nitrogen and oxygen atoms in total. The molecule has 1 aromatic heterocycles. The molecule has 0 unspecified atom stereocenters. The Hall–Kier alpha value is -3.01. The van der Waals surface area contributed by atoms with Crippen molar-refractivity contribution in [2.24, 2.45) is 5.92 Å². The van der Waals surface area contributed by atoms with Gasteiger partial charge in [0.05, 0.1) is 23.3 Å². The summed E-state index contributed by atoms with van der Waals surface area (Å²) < 4.78 is 0. The smallest absolute Gasteiger partial charge is 0.252 e. The summed E-state index contributed by atoms with van der Waals surface area (Å²) in [6.07, 6.45) is 3.01. The van der Waals surface area contributed by atoms with E-state index in [1.54, 1.807) is 6.07 Å². The molecule has 4 heteroatoms. The van der Waals surface area contributed by atoms with Crippen molar-refractivity contribution in [3.63, 3.8) is 0 Å². The van der Waals surface area contributed by atoms with E-state index in [-0.39, 0.29) is 24.2 Å². The van der Waals surface area contributed by atoms with Gasteiger partial charge in [-0.3, -0.25) is 9.59 Å². The predicted octanol–water partition coefficient (Wildman–Crippen LogP) is 4.00. The van der Waals surface area contributed by atoms with Crippen molar-refractivity contribution < 1.29 is 9.59 Å². The second-order valence-electron chi connectivity index (χ2n) is 6.72. The Labute approximate surface area is 152 Å². The van der Waals surface area contributed by atoms with Crippen molar-refractivity contribution in [1.29, 1.82) is 0 Å². The van der Waals surface area contributed by atoms with Gasteiger partial charge in [0.1, 0.15) is 0 Å². The quantitative estimate of drug-likeness (QED) is 0.761. The van der Waals surface area contributed by atoms with E-state index in [9.17, 15) is 9.59 Å². The van der Waals surface area contributed by atoms with E-state index in [0.29, 0.717) is 5.56 Å². The van der Waals surface area contributed by atoms with Crippen LogP contribution in [0, 0.1) is 5.92 Å². The summed E-state index contributed by atoms with van der Waals surface area (Å²) in [6, 6.07) is 19.2. The van der Waals surface area contributed by atoms with Crippen molar-refractivity contribution in [2.75, 3.05) is 6.54 Å². The Morgan fingerprint density at radius 2 is 1.73 bits per heavy atom. The first-order valence-electron chi connectivity index (χ1n) is 8.98. The number of hydrogen-bond donors (Lipinski definition) is 1. The third-order valence-electron chi connectivity index (χ3n) is 5.01. The van der Waals surface area contributed by atoms with Crippen LogP contribution in [0.4, 0.5) is 0 Å². The number of fused-ring (bicyclic) bond motifs is 1. The zero-order valence-corrected chi connectivity index (χ0v) is 14.4. The fourth-order valence-corrected chi connectivity index (χ4v) is 3.26. The lowest BCUT2D eigenvalue weighted by Crippen LogP contribution is -2.35. The standard InChI is InChI=1S/C22H20N2O2/c25-21(16-9-6-10-16)14-23-22(26)18-13-20(15-7-2-1-3-8-15)24-19-12-5-4-11-17(18)19/h1-5,7-8,11-13,16H,6,9-10,14H2,(H,23,26). The van der Waals surface area contributed by atoms with Crippen molar-refractivity contribution >= 4 is 22.6 Å². The third kappa shape index (κ3) is 3.23. The number of nitrogens with zero attached hydrogens (tertiary/aromatic N) is 1. The summed E-state index contributed by atoms with van der Waals surface area (Å²) in [6.45, 7) is 0.0980. The third-order valence-corrected chi connectivity index (χ3v) is 5.01. The van der Waals surface area contributed by atoms with Gasteiger partial charge in [-0.2, -0.15) is 0 Å². The molecule has 3 aromatic rings. The predicted molar refractivity (Wildman–Crippen MR) is 102 cm³/mol. The average Bonchev–Trinajstić information content (AvgIpc) is 2.64. The molecule has 1 amide bonds. The molecule has 4 rings (SSSR count). The number of pyridine rings is 1. The van der Waals surface area contributed by atoms with Gasteiger partial charge in [-0.1, -0.05) is 55.0 Å². The maximum atomic E-state index is 12.8. The van der Waals surface area contributed by atoms with E-state index >= 15 is 0 Å². The molecule has 1 aliphatic carbocycles. The summed E-state index contributed by atoms with van der Waals surface area (Å²) in [7, 11) is 0. The molecule has 0 bridgehead atoms. The molecule has 1 fully saturated rings. The Bertz CT molecular complexity index is 962. The first kappa shape index (κ1) is 16.5. The van der Waals surface area contributed by atoms with Crippen LogP contribution in [0.25, 0.3) is 22.2 Å². The minimum absolute atomic E-state index is 0.0980. The topological polar surface area (TPSA) is 59.1 Å². The number of carbonyl (C=O) groups excluding carboxylic acids is 2. The van der Waals surface area contributed by atoms with Crippen molar-refractivity contribution in [1.82, 2.24) is 10.3 Å². The summed E-state index contributed by atoms with van der Waals surface area (Å²) in [5, 5.41) is 3.59. The van der Waals surface area contributed by atoms with Crippen LogP contribution in [0.2, 0.25) is 0 Å². The van der Waals surface area contributed by atoms with Crippen LogP contribution in [-0.2, 0) is 4.79 Å². The van der Waals surface area contributed by atoms with Gasteiger partial charge in [0.25, 0.3) is 5.91 Å². The molecular weight excluding hydrogens is 324 g/mol. The first-order chi connectivity index (χ1) is 12.7. The summed E-state index contributed by atoms with van der Waals surface area (Å²) >= 11 is 0. The summed E-state index contributed by atoms with van der Waals surface area (Å²) in [5.41, 5.74) is 3.03. The van der Waals surface area contributed by atoms with E-state index in [1.807, 2.05) is 54.6 Å². The highest BCUT2D eigenvalue weighted by atomic mass is 16.2. The highest BCUT2D eigenvalue weighted by Crippen LogP contribution is 2.27. The number of para-hydroxylation sites is 1. The number of amides is 1. The second kappa shape index (κ2) is 7.08. The average molecular weight is 344 g/mol. The normalized spacial score (nSPS) is 14.0. The van der Waals surface area contributed by atoms with Crippen LogP contribution in [0.15, 0.2) is 60.7 Å². The van der Waals surface area contributed by atoms with Crippen molar-refractivity contribution in [2.45, 2.75) is 19.3 Å². The molecular formula is C22H20N2O2. The molecule has 1 aliphatic rings. The Kier molecular flexibility index (Phi) is 4.48. The number of aromatic nitrogens is 1. The molecule has 1 heterocycles. The molecule has 1 N–H and O–H groups in total. The van der Waals surface area contributed by atoms with Gasteiger partial charge < -0.3 is 5.32 Å². The SMILES string of the molecule is O=C(NCC(=O)C1CCC1)c1cc(-c2ccccc2)nc2ccccc12. The van der Waals surface area contributed by atoms with Gasteiger partial charge >= 0.3 is 0 Å². The van der Waals surface area contributed by atoms with E-state index in [0.717, 1.165) is 41.4 Å². The molecule has 0 spiro atoms. The van der Waals surface area contributed by atoms with E-state index in [1.165, 1.54) is 0 Å². The van der Waals surface area contributed by atoms with Crippen LogP contribution < -0.4 is 5.32 Å². The molecule has 26 heavy (non-hydrogen) atoms. The molecule has 130 valence electrons.